The van der Waals surface area contributed by atoms with Crippen LogP contribution in [-0.2, 0) is 9.47 Å². The average Bonchev–Trinajstić information content (AvgIpc) is 3.97. The van der Waals surface area contributed by atoms with Crippen LogP contribution in [0.5, 0.6) is 0 Å². The molecule has 5 aliphatic carbocycles. The highest BCUT2D eigenvalue weighted by Gasteiger charge is 2.79. The SMILES string of the molecule is CCCCCCCCCCCCCC[C@@H](O)[C@@H](O)[C@H](COC1OC(CO)C(O)C(O)C1O)C1CC(CCCCCCCCCCCC2C3C4CC5C6C4CC3C6C25)NN1. The predicted molar refractivity (Wildman–Crippen MR) is 231 cm³/mol. The summed E-state index contributed by atoms with van der Waals surface area (Å²) in [6.07, 6.45) is 25.1. The minimum absolute atomic E-state index is 0.0320. The predicted octanol–water partition coefficient (Wildman–Crippen LogP) is 7.15. The van der Waals surface area contributed by atoms with Gasteiger partial charge in [0.05, 0.1) is 25.4 Å². The van der Waals surface area contributed by atoms with E-state index in [0.717, 1.165) is 56.3 Å². The van der Waals surface area contributed by atoms with Gasteiger partial charge in [0.25, 0.3) is 0 Å². The number of unbranched alkanes of at least 4 members (excludes halogenated alkanes) is 19. The fraction of sp³-hybridized carbons (Fsp3) is 1.00. The van der Waals surface area contributed by atoms with Gasteiger partial charge < -0.3 is 40.1 Å². The van der Waals surface area contributed by atoms with Gasteiger partial charge in [-0.2, -0.15) is 0 Å². The normalized spacial score (nSPS) is 40.3. The van der Waals surface area contributed by atoms with Crippen LogP contribution in [0.4, 0.5) is 0 Å². The summed E-state index contributed by atoms with van der Waals surface area (Å²) < 4.78 is 11.6. The van der Waals surface area contributed by atoms with Crippen LogP contribution in [0.2, 0.25) is 0 Å². The number of hydrazine groups is 1. The minimum Gasteiger partial charge on any atom is -0.394 e. The van der Waals surface area contributed by atoms with Gasteiger partial charge in [-0.1, -0.05) is 142 Å². The largest absolute Gasteiger partial charge is 0.394 e. The van der Waals surface area contributed by atoms with E-state index < -0.39 is 55.4 Å². The minimum atomic E-state index is -1.53. The first kappa shape index (κ1) is 46.6. The van der Waals surface area contributed by atoms with E-state index in [4.69, 9.17) is 9.47 Å². The lowest BCUT2D eigenvalue weighted by Crippen LogP contribution is -2.59. The number of aliphatic hydroxyl groups excluding tert-OH is 6. The lowest BCUT2D eigenvalue weighted by molar-refractivity contribution is -0.305. The van der Waals surface area contributed by atoms with E-state index in [1.807, 2.05) is 0 Å². The number of rotatable bonds is 32. The average molecular weight is 833 g/mol. The van der Waals surface area contributed by atoms with E-state index in [1.54, 1.807) is 19.3 Å². The Balaban J connectivity index is 0.754. The third-order valence-corrected chi connectivity index (χ3v) is 17.6. The lowest BCUT2D eigenvalue weighted by Gasteiger charge is -2.48. The van der Waals surface area contributed by atoms with E-state index in [0.29, 0.717) is 6.42 Å². The molecule has 2 heterocycles. The van der Waals surface area contributed by atoms with Gasteiger partial charge in [-0.15, -0.1) is 0 Å². The molecule has 2 bridgehead atoms. The molecule has 0 amide bonds. The van der Waals surface area contributed by atoms with Crippen molar-refractivity contribution in [1.29, 1.82) is 0 Å². The van der Waals surface area contributed by atoms with Crippen molar-refractivity contribution in [2.45, 2.75) is 235 Å². The van der Waals surface area contributed by atoms with Gasteiger partial charge in [0.1, 0.15) is 24.4 Å². The molecule has 10 heteroatoms. The van der Waals surface area contributed by atoms with Crippen LogP contribution in [0, 0.1) is 59.2 Å². The van der Waals surface area contributed by atoms with Gasteiger partial charge in [0.15, 0.2) is 6.29 Å². The second-order valence-corrected chi connectivity index (χ2v) is 21.1. The molecule has 19 atom stereocenters. The van der Waals surface area contributed by atoms with Gasteiger partial charge >= 0.3 is 0 Å². The molecule has 0 aromatic carbocycles. The summed E-state index contributed by atoms with van der Waals surface area (Å²) in [5.74, 6) is 10.00. The lowest BCUT2D eigenvalue weighted by atomic mass is 9.57. The molecule has 0 aromatic heterocycles. The van der Waals surface area contributed by atoms with E-state index in [2.05, 4.69) is 17.8 Å². The Morgan fingerprint density at radius 1 is 0.576 bits per heavy atom. The number of hydrogen-bond donors (Lipinski definition) is 8. The monoisotopic (exact) mass is 833 g/mol. The van der Waals surface area contributed by atoms with Crippen molar-refractivity contribution < 1.29 is 40.1 Å². The first-order valence-electron chi connectivity index (χ1n) is 25.6. The molecular formula is C49H88N2O8. The van der Waals surface area contributed by atoms with Crippen molar-refractivity contribution in [1.82, 2.24) is 10.9 Å². The molecule has 7 fully saturated rings. The highest BCUT2D eigenvalue weighted by atomic mass is 16.7. The maximum atomic E-state index is 11.5. The molecule has 0 aromatic rings. The van der Waals surface area contributed by atoms with Crippen LogP contribution < -0.4 is 10.9 Å². The summed E-state index contributed by atoms with van der Waals surface area (Å²) in [7, 11) is 0. The molecule has 0 spiro atoms. The molecule has 59 heavy (non-hydrogen) atoms. The fourth-order valence-electron chi connectivity index (χ4n) is 14.7. The zero-order chi connectivity index (χ0) is 41.3. The van der Waals surface area contributed by atoms with Crippen molar-refractivity contribution in [3.8, 4) is 0 Å². The number of fused-ring (bicyclic) bond motifs is 2. The maximum absolute atomic E-state index is 11.5. The van der Waals surface area contributed by atoms with E-state index >= 15 is 0 Å². The quantitative estimate of drug-likeness (QED) is 0.0327. The van der Waals surface area contributed by atoms with E-state index in [9.17, 15) is 30.6 Å². The summed E-state index contributed by atoms with van der Waals surface area (Å²) in [6.45, 7) is 1.69. The highest BCUT2D eigenvalue weighted by Crippen LogP contribution is 2.84. The topological polar surface area (TPSA) is 164 Å². The molecule has 5 saturated carbocycles. The smallest absolute Gasteiger partial charge is 0.186 e. The van der Waals surface area contributed by atoms with Crippen molar-refractivity contribution in [3.63, 3.8) is 0 Å². The first-order valence-corrected chi connectivity index (χ1v) is 25.6. The van der Waals surface area contributed by atoms with Crippen molar-refractivity contribution >= 4 is 0 Å². The van der Waals surface area contributed by atoms with E-state index in [-0.39, 0.29) is 18.7 Å². The Kier molecular flexibility index (Phi) is 18.1. The zero-order valence-corrected chi connectivity index (χ0v) is 37.0. The van der Waals surface area contributed by atoms with Gasteiger partial charge in [-0.3, -0.25) is 10.9 Å². The van der Waals surface area contributed by atoms with Crippen LogP contribution in [0.15, 0.2) is 0 Å². The number of hydrogen-bond acceptors (Lipinski definition) is 10. The van der Waals surface area contributed by atoms with Crippen LogP contribution in [0.1, 0.15) is 180 Å². The second-order valence-electron chi connectivity index (χ2n) is 21.1. The number of nitrogens with one attached hydrogen (secondary N) is 2. The highest BCUT2D eigenvalue weighted by molar-refractivity contribution is 5.27. The fourth-order valence-corrected chi connectivity index (χ4v) is 14.7. The summed E-state index contributed by atoms with van der Waals surface area (Å²) >= 11 is 0. The van der Waals surface area contributed by atoms with Crippen LogP contribution in [0.25, 0.3) is 0 Å². The standard InChI is InChI=1S/C49H88N2O8/c1-2-3-4-5-6-7-8-9-13-16-19-22-25-39(53)45(54)37(30-58-49-48(57)47(56)46(55)40(29-52)59-49)38-26-31(50-51-38)23-20-17-14-11-10-12-15-18-21-24-32-41-33-27-36-42(32)44-35(41)28-34(33)43(36)44/h31-57H,2-30H2,1H3/t31?,32?,33?,34?,35?,36?,37-,38?,39-,40?,41?,42?,43?,44?,45+,46?,47?,48?,49?/m1/s1. The van der Waals surface area contributed by atoms with Crippen LogP contribution >= 0.6 is 0 Å². The Labute approximate surface area is 357 Å². The van der Waals surface area contributed by atoms with Gasteiger partial charge in [-0.05, 0) is 91.8 Å². The van der Waals surface area contributed by atoms with Crippen LogP contribution in [-0.4, -0.2) is 98.9 Å². The van der Waals surface area contributed by atoms with Crippen molar-refractivity contribution in [2.24, 2.45) is 59.2 Å². The molecule has 7 rings (SSSR count). The number of aliphatic hydroxyl groups is 6. The summed E-state index contributed by atoms with van der Waals surface area (Å²) in [6, 6.07) is 0.0732. The molecule has 7 aliphatic rings. The maximum Gasteiger partial charge on any atom is 0.186 e. The van der Waals surface area contributed by atoms with Crippen LogP contribution in [0.3, 0.4) is 0 Å². The van der Waals surface area contributed by atoms with Crippen molar-refractivity contribution in [2.75, 3.05) is 13.2 Å². The molecule has 8 N–H and O–H groups in total. The Morgan fingerprint density at radius 3 is 1.76 bits per heavy atom. The van der Waals surface area contributed by atoms with Gasteiger partial charge in [-0.25, -0.2) is 0 Å². The van der Waals surface area contributed by atoms with Crippen molar-refractivity contribution in [3.05, 3.63) is 0 Å². The first-order chi connectivity index (χ1) is 28.8. The molecular weight excluding hydrogens is 745 g/mol. The number of ether oxygens (including phenoxy) is 2. The van der Waals surface area contributed by atoms with Gasteiger partial charge in [0, 0.05) is 18.0 Å². The van der Waals surface area contributed by atoms with Gasteiger partial charge in [0.2, 0.25) is 0 Å². The Hall–Kier alpha value is -0.400. The molecule has 2 aliphatic heterocycles. The Bertz CT molecular complexity index is 1210. The molecule has 2 saturated heterocycles. The summed E-state index contributed by atoms with van der Waals surface area (Å²) in [5, 5.41) is 63.5. The molecule has 342 valence electrons. The summed E-state index contributed by atoms with van der Waals surface area (Å²) in [5.41, 5.74) is 6.83. The zero-order valence-electron chi connectivity index (χ0n) is 37.0. The molecule has 16 unspecified atom stereocenters. The summed E-state index contributed by atoms with van der Waals surface area (Å²) in [4.78, 5) is 0. The third kappa shape index (κ3) is 10.9. The molecule has 10 nitrogen and oxygen atoms in total. The Morgan fingerprint density at radius 2 is 1.14 bits per heavy atom. The second kappa shape index (κ2) is 23.0. The third-order valence-electron chi connectivity index (χ3n) is 17.6. The van der Waals surface area contributed by atoms with E-state index in [1.165, 1.54) is 145 Å². The molecule has 0 radical (unpaired) electrons.